The van der Waals surface area contributed by atoms with Crippen molar-refractivity contribution in [2.24, 2.45) is 0 Å². The number of hydrogen-bond acceptors (Lipinski definition) is 3. The summed E-state index contributed by atoms with van der Waals surface area (Å²) in [6, 6.07) is 55.7. The largest absolute Gasteiger partial charge is 0.454 e. The lowest BCUT2D eigenvalue weighted by Crippen LogP contribution is -2.11. The summed E-state index contributed by atoms with van der Waals surface area (Å²) in [6.45, 7) is 0. The lowest BCUT2D eigenvalue weighted by atomic mass is 9.96. The fourth-order valence-corrected chi connectivity index (χ4v) is 6.01. The molecule has 0 bridgehead atoms. The fourth-order valence-electron chi connectivity index (χ4n) is 6.01. The highest BCUT2D eigenvalue weighted by atomic mass is 16.3. The summed E-state index contributed by atoms with van der Waals surface area (Å²) >= 11 is 0. The van der Waals surface area contributed by atoms with E-state index in [1.165, 1.54) is 22.3 Å². The summed E-state index contributed by atoms with van der Waals surface area (Å²) in [5.74, 6) is 0. The second kappa shape index (κ2) is 11.0. The highest BCUT2D eigenvalue weighted by Crippen LogP contribution is 2.44. The minimum Gasteiger partial charge on any atom is -0.454 e. The predicted molar refractivity (Wildman–Crippen MR) is 183 cm³/mol. The number of hydrogen-bond donors (Lipinski definition) is 0. The van der Waals surface area contributed by atoms with E-state index >= 15 is 0 Å². The molecule has 208 valence electrons. The zero-order valence-corrected chi connectivity index (χ0v) is 24.0. The molecule has 0 saturated carbocycles. The van der Waals surface area contributed by atoms with Gasteiger partial charge in [0.15, 0.2) is 5.58 Å². The Hall–Kier alpha value is -5.93. The maximum Gasteiger partial charge on any atom is 0.153 e. The molecule has 0 saturated heterocycles. The predicted octanol–water partition coefficient (Wildman–Crippen LogP) is 11.5. The average molecular weight is 565 g/mol. The molecule has 6 aromatic carbocycles. The Morgan fingerprint density at radius 3 is 1.70 bits per heavy atom. The van der Waals surface area contributed by atoms with Crippen LogP contribution in [0.5, 0.6) is 0 Å². The highest BCUT2D eigenvalue weighted by molar-refractivity contribution is 6.06. The van der Waals surface area contributed by atoms with Crippen molar-refractivity contribution in [3.8, 4) is 33.4 Å². The minimum absolute atomic E-state index is 0.788. The summed E-state index contributed by atoms with van der Waals surface area (Å²) in [5, 5.41) is 2.14. The first kappa shape index (κ1) is 25.8. The Kier molecular flexibility index (Phi) is 6.47. The van der Waals surface area contributed by atoms with Crippen LogP contribution in [-0.4, -0.2) is 4.98 Å². The third kappa shape index (κ3) is 4.71. The van der Waals surface area contributed by atoms with Crippen molar-refractivity contribution in [3.63, 3.8) is 0 Å². The van der Waals surface area contributed by atoms with Crippen molar-refractivity contribution in [2.45, 2.75) is 0 Å². The Morgan fingerprint density at radius 1 is 0.432 bits per heavy atom. The van der Waals surface area contributed by atoms with Gasteiger partial charge in [-0.05, 0) is 70.3 Å². The number of fused-ring (bicyclic) bond motifs is 3. The maximum atomic E-state index is 6.29. The first-order valence-electron chi connectivity index (χ1n) is 14.8. The van der Waals surface area contributed by atoms with Crippen LogP contribution < -0.4 is 4.90 Å². The quantitative estimate of drug-likeness (QED) is 0.201. The number of aromatic nitrogens is 1. The van der Waals surface area contributed by atoms with Crippen molar-refractivity contribution in [3.05, 3.63) is 170 Å². The van der Waals surface area contributed by atoms with Crippen LogP contribution in [0.25, 0.3) is 55.3 Å². The molecule has 3 nitrogen and oxygen atoms in total. The molecular weight excluding hydrogens is 536 g/mol. The third-order valence-electron chi connectivity index (χ3n) is 8.18. The van der Waals surface area contributed by atoms with Gasteiger partial charge in [0.1, 0.15) is 5.58 Å². The Balaban J connectivity index is 1.34. The van der Waals surface area contributed by atoms with E-state index in [2.05, 4.69) is 155 Å². The van der Waals surface area contributed by atoms with Crippen LogP contribution in [0.3, 0.4) is 0 Å². The zero-order chi connectivity index (χ0) is 29.3. The van der Waals surface area contributed by atoms with Crippen LogP contribution in [0.2, 0.25) is 0 Å². The maximum absolute atomic E-state index is 6.29. The van der Waals surface area contributed by atoms with Gasteiger partial charge >= 0.3 is 0 Å². The smallest absolute Gasteiger partial charge is 0.153 e. The molecule has 0 unspecified atom stereocenters. The van der Waals surface area contributed by atoms with E-state index in [1.54, 1.807) is 6.20 Å². The molecule has 2 aromatic heterocycles. The van der Waals surface area contributed by atoms with Crippen LogP contribution in [0.1, 0.15) is 0 Å². The topological polar surface area (TPSA) is 29.3 Å². The molecule has 3 heteroatoms. The average Bonchev–Trinajstić information content (AvgIpc) is 3.48. The Bertz CT molecular complexity index is 2200. The van der Waals surface area contributed by atoms with Crippen LogP contribution in [-0.2, 0) is 0 Å². The van der Waals surface area contributed by atoms with Gasteiger partial charge in [-0.25, -0.2) is 0 Å². The van der Waals surface area contributed by atoms with Crippen molar-refractivity contribution in [1.82, 2.24) is 4.98 Å². The molecule has 0 radical (unpaired) electrons. The summed E-state index contributed by atoms with van der Waals surface area (Å²) < 4.78 is 6.29. The minimum atomic E-state index is 0.788. The number of benzene rings is 6. The molecule has 0 aliphatic carbocycles. The van der Waals surface area contributed by atoms with E-state index in [1.807, 2.05) is 18.3 Å². The highest BCUT2D eigenvalue weighted by Gasteiger charge is 2.20. The summed E-state index contributed by atoms with van der Waals surface area (Å²) in [5.41, 5.74) is 11.8. The summed E-state index contributed by atoms with van der Waals surface area (Å²) in [7, 11) is 0. The van der Waals surface area contributed by atoms with E-state index in [0.29, 0.717) is 0 Å². The number of nitrogens with zero attached hydrogens (tertiary/aromatic N) is 2. The first-order chi connectivity index (χ1) is 21.8. The normalized spacial score (nSPS) is 11.2. The van der Waals surface area contributed by atoms with Crippen LogP contribution >= 0.6 is 0 Å². The van der Waals surface area contributed by atoms with E-state index in [4.69, 9.17) is 4.42 Å². The lowest BCUT2D eigenvalue weighted by molar-refractivity contribution is 0.667. The van der Waals surface area contributed by atoms with Gasteiger partial charge < -0.3 is 9.32 Å². The molecular formula is C41H28N2O. The van der Waals surface area contributed by atoms with Gasteiger partial charge in [-0.3, -0.25) is 4.98 Å². The Labute approximate surface area is 256 Å². The summed E-state index contributed by atoms with van der Waals surface area (Å²) in [6.07, 6.45) is 3.59. The lowest BCUT2D eigenvalue weighted by Gasteiger charge is -2.28. The van der Waals surface area contributed by atoms with E-state index in [9.17, 15) is 0 Å². The SMILES string of the molecule is c1ccc(-c2ccc(N(c3ccc4c(c3)oc3cnccc34)c3ccc(-c4ccccc4)cc3-c3ccccc3)cc2)cc1. The van der Waals surface area contributed by atoms with Crippen LogP contribution in [0.15, 0.2) is 175 Å². The van der Waals surface area contributed by atoms with Gasteiger partial charge in [0.25, 0.3) is 0 Å². The van der Waals surface area contributed by atoms with Crippen molar-refractivity contribution >= 4 is 39.0 Å². The molecule has 0 fully saturated rings. The van der Waals surface area contributed by atoms with Crippen molar-refractivity contribution in [1.29, 1.82) is 0 Å². The molecule has 0 amide bonds. The molecule has 0 N–H and O–H groups in total. The van der Waals surface area contributed by atoms with Crippen LogP contribution in [0, 0.1) is 0 Å². The van der Waals surface area contributed by atoms with Gasteiger partial charge in [0.05, 0.1) is 11.9 Å². The number of anilines is 3. The van der Waals surface area contributed by atoms with Crippen LogP contribution in [0.4, 0.5) is 17.1 Å². The summed E-state index contributed by atoms with van der Waals surface area (Å²) in [4.78, 5) is 6.60. The van der Waals surface area contributed by atoms with E-state index < -0.39 is 0 Å². The van der Waals surface area contributed by atoms with E-state index in [0.717, 1.165) is 50.1 Å². The number of rotatable bonds is 6. The molecule has 0 aliphatic rings. The third-order valence-corrected chi connectivity index (χ3v) is 8.18. The van der Waals surface area contributed by atoms with Crippen molar-refractivity contribution in [2.75, 3.05) is 4.90 Å². The zero-order valence-electron chi connectivity index (χ0n) is 24.0. The van der Waals surface area contributed by atoms with E-state index in [-0.39, 0.29) is 0 Å². The molecule has 8 aromatic rings. The number of furan rings is 1. The first-order valence-corrected chi connectivity index (χ1v) is 14.8. The second-order valence-electron chi connectivity index (χ2n) is 10.9. The molecule has 0 spiro atoms. The molecule has 0 atom stereocenters. The molecule has 2 heterocycles. The van der Waals surface area contributed by atoms with Gasteiger partial charge in [-0.15, -0.1) is 0 Å². The van der Waals surface area contributed by atoms with Gasteiger partial charge in [0.2, 0.25) is 0 Å². The standard InChI is InChI=1S/C41H28N2O/c1-4-10-29(11-5-1)31-16-19-34(20-17-31)43(35-21-22-36-37-24-25-42-28-41(37)44-40(36)27-35)39-23-18-33(30-12-6-2-7-13-30)26-38(39)32-14-8-3-9-15-32/h1-28H. The van der Waals surface area contributed by atoms with Crippen molar-refractivity contribution < 1.29 is 4.42 Å². The van der Waals surface area contributed by atoms with Gasteiger partial charge in [-0.1, -0.05) is 109 Å². The molecule has 0 aliphatic heterocycles. The fraction of sp³-hybridized carbons (Fsp3) is 0. The molecule has 44 heavy (non-hydrogen) atoms. The van der Waals surface area contributed by atoms with Gasteiger partial charge in [-0.2, -0.15) is 0 Å². The molecule has 8 rings (SSSR count). The second-order valence-corrected chi connectivity index (χ2v) is 10.9. The number of pyridine rings is 1. The Morgan fingerprint density at radius 2 is 1.00 bits per heavy atom. The monoisotopic (exact) mass is 564 g/mol. The van der Waals surface area contributed by atoms with Gasteiger partial charge in [0, 0.05) is 40.0 Å².